The molecule has 0 spiro atoms. The zero-order chi connectivity index (χ0) is 16.9. The van der Waals surface area contributed by atoms with Crippen LogP contribution in [0.3, 0.4) is 0 Å². The largest absolute Gasteiger partial charge is 0.378 e. The van der Waals surface area contributed by atoms with Crippen molar-refractivity contribution in [1.82, 2.24) is 10.2 Å². The number of benzene rings is 1. The van der Waals surface area contributed by atoms with Crippen molar-refractivity contribution in [3.8, 4) is 0 Å². The summed E-state index contributed by atoms with van der Waals surface area (Å²) in [6, 6.07) is 3.87. The Hall–Kier alpha value is -1.53. The smallest absolute Gasteiger partial charge is 0.224 e. The molecule has 6 heteroatoms. The van der Waals surface area contributed by atoms with Crippen molar-refractivity contribution in [3.63, 3.8) is 0 Å². The summed E-state index contributed by atoms with van der Waals surface area (Å²) in [5, 5.41) is 3.26. The van der Waals surface area contributed by atoms with Crippen LogP contribution in [0.2, 0.25) is 0 Å². The fourth-order valence-corrected chi connectivity index (χ4v) is 3.57. The van der Waals surface area contributed by atoms with Crippen LogP contribution in [0.4, 0.5) is 8.78 Å². The van der Waals surface area contributed by atoms with Gasteiger partial charge in [0.15, 0.2) is 0 Å². The van der Waals surface area contributed by atoms with Gasteiger partial charge < -0.3 is 15.0 Å². The molecule has 1 N–H and O–H groups in total. The van der Waals surface area contributed by atoms with E-state index in [1.807, 2.05) is 0 Å². The minimum Gasteiger partial charge on any atom is -0.378 e. The van der Waals surface area contributed by atoms with E-state index in [1.54, 1.807) is 4.90 Å². The van der Waals surface area contributed by atoms with Gasteiger partial charge in [-0.15, -0.1) is 0 Å². The van der Waals surface area contributed by atoms with Gasteiger partial charge in [-0.2, -0.15) is 0 Å². The molecule has 2 fully saturated rings. The van der Waals surface area contributed by atoms with Crippen molar-refractivity contribution in [2.45, 2.75) is 50.7 Å². The summed E-state index contributed by atoms with van der Waals surface area (Å²) in [6.45, 7) is 1.87. The van der Waals surface area contributed by atoms with Gasteiger partial charge in [0, 0.05) is 30.6 Å². The third-order valence-corrected chi connectivity index (χ3v) is 4.90. The van der Waals surface area contributed by atoms with Crippen molar-refractivity contribution in [1.29, 1.82) is 0 Å². The van der Waals surface area contributed by atoms with Crippen LogP contribution in [-0.4, -0.2) is 42.6 Å². The van der Waals surface area contributed by atoms with E-state index in [0.29, 0.717) is 19.6 Å². The van der Waals surface area contributed by atoms with Crippen LogP contribution >= 0.6 is 0 Å². The van der Waals surface area contributed by atoms with Crippen LogP contribution in [0.15, 0.2) is 18.2 Å². The van der Waals surface area contributed by atoms with E-state index >= 15 is 0 Å². The summed E-state index contributed by atoms with van der Waals surface area (Å²) >= 11 is 0. The zero-order valence-electron chi connectivity index (χ0n) is 13.8. The van der Waals surface area contributed by atoms with Gasteiger partial charge in [-0.05, 0) is 25.0 Å². The van der Waals surface area contributed by atoms with Crippen molar-refractivity contribution in [2.75, 3.05) is 19.8 Å². The molecule has 1 saturated heterocycles. The molecular formula is C18H24F2N2O2. The lowest BCUT2D eigenvalue weighted by molar-refractivity contribution is -0.135. The Balaban J connectivity index is 1.74. The predicted molar refractivity (Wildman–Crippen MR) is 86.4 cm³/mol. The van der Waals surface area contributed by atoms with Gasteiger partial charge in [0.1, 0.15) is 11.6 Å². The second kappa shape index (κ2) is 8.03. The molecule has 1 aliphatic heterocycles. The van der Waals surface area contributed by atoms with Crippen molar-refractivity contribution in [3.05, 3.63) is 35.4 Å². The molecule has 132 valence electrons. The number of carbonyl (C=O) groups is 1. The first-order valence-corrected chi connectivity index (χ1v) is 8.68. The number of halogens is 2. The first-order valence-electron chi connectivity index (χ1n) is 8.68. The number of amides is 1. The van der Waals surface area contributed by atoms with Gasteiger partial charge in [0.25, 0.3) is 0 Å². The first kappa shape index (κ1) is 17.3. The minimum absolute atomic E-state index is 0.00438. The van der Waals surface area contributed by atoms with E-state index in [0.717, 1.165) is 32.2 Å². The summed E-state index contributed by atoms with van der Waals surface area (Å²) in [5.41, 5.74) is -0.0226. The van der Waals surface area contributed by atoms with Crippen LogP contribution in [0.25, 0.3) is 0 Å². The topological polar surface area (TPSA) is 41.6 Å². The van der Waals surface area contributed by atoms with Crippen LogP contribution < -0.4 is 5.32 Å². The zero-order valence-corrected chi connectivity index (χ0v) is 13.8. The van der Waals surface area contributed by atoms with E-state index in [-0.39, 0.29) is 30.1 Å². The third kappa shape index (κ3) is 4.11. The van der Waals surface area contributed by atoms with Gasteiger partial charge in [-0.3, -0.25) is 4.79 Å². The lowest BCUT2D eigenvalue weighted by Gasteiger charge is -2.32. The Labute approximate surface area is 141 Å². The molecule has 1 aromatic rings. The molecule has 4 nitrogen and oxygen atoms in total. The monoisotopic (exact) mass is 338 g/mol. The summed E-state index contributed by atoms with van der Waals surface area (Å²) < 4.78 is 33.4. The van der Waals surface area contributed by atoms with Crippen molar-refractivity contribution >= 4 is 5.91 Å². The SMILES string of the molecule is O=C(CC1COCCN1)N(Cc1c(F)cccc1F)C1CCCC1. The molecular weight excluding hydrogens is 314 g/mol. The Morgan fingerprint density at radius 3 is 2.58 bits per heavy atom. The summed E-state index contributed by atoms with van der Waals surface area (Å²) in [5.74, 6) is -1.25. The molecule has 0 aromatic heterocycles. The molecule has 1 atom stereocenters. The number of nitrogens with one attached hydrogen (secondary N) is 1. The Morgan fingerprint density at radius 1 is 1.25 bits per heavy atom. The first-order chi connectivity index (χ1) is 11.6. The predicted octanol–water partition coefficient (Wildman–Crippen LogP) is 2.61. The highest BCUT2D eigenvalue weighted by Gasteiger charge is 2.30. The summed E-state index contributed by atoms with van der Waals surface area (Å²) in [7, 11) is 0. The molecule has 0 radical (unpaired) electrons. The van der Waals surface area contributed by atoms with E-state index in [1.165, 1.54) is 18.2 Å². The van der Waals surface area contributed by atoms with Crippen LogP contribution in [-0.2, 0) is 16.1 Å². The normalized spacial score (nSPS) is 21.8. The standard InChI is InChI=1S/C18H24F2N2O2/c19-16-6-3-7-17(20)15(16)11-22(14-4-1-2-5-14)18(23)10-13-12-24-9-8-21-13/h3,6-7,13-14,21H,1-2,4-5,8-12H2. The quantitative estimate of drug-likeness (QED) is 0.897. The lowest BCUT2D eigenvalue weighted by atomic mass is 10.1. The maximum absolute atomic E-state index is 14.0. The fraction of sp³-hybridized carbons (Fsp3) is 0.611. The molecule has 1 heterocycles. The highest BCUT2D eigenvalue weighted by Crippen LogP contribution is 2.27. The number of nitrogens with zero attached hydrogens (tertiary/aromatic N) is 1. The van der Waals surface area contributed by atoms with Crippen molar-refractivity contribution in [2.24, 2.45) is 0 Å². The number of hydrogen-bond acceptors (Lipinski definition) is 3. The van der Waals surface area contributed by atoms with Crippen LogP contribution in [0, 0.1) is 11.6 Å². The summed E-state index contributed by atoms with van der Waals surface area (Å²) in [4.78, 5) is 14.5. The highest BCUT2D eigenvalue weighted by atomic mass is 19.1. The Morgan fingerprint density at radius 2 is 1.96 bits per heavy atom. The van der Waals surface area contributed by atoms with E-state index in [4.69, 9.17) is 4.74 Å². The average molecular weight is 338 g/mol. The van der Waals surface area contributed by atoms with E-state index in [2.05, 4.69) is 5.32 Å². The molecule has 1 saturated carbocycles. The minimum atomic E-state index is -0.593. The maximum Gasteiger partial charge on any atom is 0.224 e. The van der Waals surface area contributed by atoms with Gasteiger partial charge in [-0.25, -0.2) is 8.78 Å². The maximum atomic E-state index is 14.0. The average Bonchev–Trinajstić information content (AvgIpc) is 3.09. The van der Waals surface area contributed by atoms with Gasteiger partial charge in [-0.1, -0.05) is 18.9 Å². The number of ether oxygens (including phenoxy) is 1. The van der Waals surface area contributed by atoms with Gasteiger partial charge >= 0.3 is 0 Å². The van der Waals surface area contributed by atoms with E-state index < -0.39 is 11.6 Å². The number of rotatable bonds is 5. The fourth-order valence-electron chi connectivity index (χ4n) is 3.57. The van der Waals surface area contributed by atoms with Gasteiger partial charge in [0.05, 0.1) is 19.8 Å². The number of hydrogen-bond donors (Lipinski definition) is 1. The molecule has 1 aromatic carbocycles. The lowest BCUT2D eigenvalue weighted by Crippen LogP contribution is -2.47. The van der Waals surface area contributed by atoms with Gasteiger partial charge in [0.2, 0.25) is 5.91 Å². The second-order valence-electron chi connectivity index (χ2n) is 6.59. The molecule has 0 bridgehead atoms. The molecule has 24 heavy (non-hydrogen) atoms. The number of carbonyl (C=O) groups excluding carboxylic acids is 1. The van der Waals surface area contributed by atoms with E-state index in [9.17, 15) is 13.6 Å². The molecule has 1 aliphatic carbocycles. The Bertz CT molecular complexity index is 550. The molecule has 1 amide bonds. The summed E-state index contributed by atoms with van der Waals surface area (Å²) in [6.07, 6.45) is 4.21. The van der Waals surface area contributed by atoms with Crippen molar-refractivity contribution < 1.29 is 18.3 Å². The Kier molecular flexibility index (Phi) is 5.79. The second-order valence-corrected chi connectivity index (χ2v) is 6.59. The molecule has 3 rings (SSSR count). The van der Waals surface area contributed by atoms with Crippen LogP contribution in [0.5, 0.6) is 0 Å². The number of morpholine rings is 1. The third-order valence-electron chi connectivity index (χ3n) is 4.90. The molecule has 1 unspecified atom stereocenters. The highest BCUT2D eigenvalue weighted by molar-refractivity contribution is 5.77. The van der Waals surface area contributed by atoms with Crippen LogP contribution in [0.1, 0.15) is 37.7 Å². The molecule has 2 aliphatic rings.